The van der Waals surface area contributed by atoms with Crippen molar-refractivity contribution in [2.45, 2.75) is 38.4 Å². The molecule has 1 aromatic carbocycles. The molecule has 0 aromatic heterocycles. The fourth-order valence-corrected chi connectivity index (χ4v) is 3.62. The molecule has 2 aliphatic heterocycles. The number of anilines is 1. The third-order valence-electron chi connectivity index (χ3n) is 4.64. The highest BCUT2D eigenvalue weighted by Gasteiger charge is 2.35. The molecule has 3 nitrogen and oxygen atoms in total. The Labute approximate surface area is 120 Å². The average molecular weight is 277 g/mol. The lowest BCUT2D eigenvalue weighted by molar-refractivity contribution is 0.202. The molecule has 0 radical (unpaired) electrons. The predicted octanol–water partition coefficient (Wildman–Crippen LogP) is 2.22. The molecule has 0 bridgehead atoms. The number of nitrogens with zero attached hydrogens (tertiary/aromatic N) is 2. The Morgan fingerprint density at radius 2 is 2.20 bits per heavy atom. The summed E-state index contributed by atoms with van der Waals surface area (Å²) in [5, 5.41) is 3.06. The largest absolute Gasteiger partial charge is 0.364 e. The molecule has 1 aromatic rings. The summed E-state index contributed by atoms with van der Waals surface area (Å²) in [5.41, 5.74) is 1.77. The monoisotopic (exact) mass is 277 g/mol. The van der Waals surface area contributed by atoms with E-state index in [1.54, 1.807) is 6.07 Å². The summed E-state index contributed by atoms with van der Waals surface area (Å²) in [6, 6.07) is 6.64. The van der Waals surface area contributed by atoms with Crippen LogP contribution in [0.2, 0.25) is 0 Å². The van der Waals surface area contributed by atoms with Gasteiger partial charge in [0.05, 0.1) is 5.69 Å². The van der Waals surface area contributed by atoms with Gasteiger partial charge in [0, 0.05) is 31.7 Å². The van der Waals surface area contributed by atoms with Gasteiger partial charge in [0.25, 0.3) is 0 Å². The SMILES string of the molecule is CNCc1ccc(N2CC3CCCN3CC2C)c(F)c1. The minimum Gasteiger partial charge on any atom is -0.364 e. The van der Waals surface area contributed by atoms with E-state index in [9.17, 15) is 4.39 Å². The zero-order chi connectivity index (χ0) is 14.1. The molecular weight excluding hydrogens is 253 g/mol. The first-order chi connectivity index (χ1) is 9.69. The summed E-state index contributed by atoms with van der Waals surface area (Å²) in [6.07, 6.45) is 2.54. The standard InChI is InChI=1S/C16H24FN3/c1-12-10-19-7-3-4-14(19)11-20(12)16-6-5-13(9-18-2)8-15(16)17/h5-6,8,12,14,18H,3-4,7,9-11H2,1-2H3. The molecule has 110 valence electrons. The normalized spacial score (nSPS) is 26.9. The van der Waals surface area contributed by atoms with Crippen LogP contribution in [-0.4, -0.2) is 43.7 Å². The first kappa shape index (κ1) is 13.8. The molecule has 0 spiro atoms. The Morgan fingerprint density at radius 3 is 2.95 bits per heavy atom. The van der Waals surface area contributed by atoms with Crippen molar-refractivity contribution in [1.82, 2.24) is 10.2 Å². The second-order valence-electron chi connectivity index (χ2n) is 6.11. The number of piperazine rings is 1. The number of fused-ring (bicyclic) bond motifs is 1. The van der Waals surface area contributed by atoms with Gasteiger partial charge in [-0.1, -0.05) is 6.07 Å². The first-order valence-electron chi connectivity index (χ1n) is 7.62. The van der Waals surface area contributed by atoms with Crippen LogP contribution in [0.15, 0.2) is 18.2 Å². The first-order valence-corrected chi connectivity index (χ1v) is 7.62. The summed E-state index contributed by atoms with van der Waals surface area (Å²) in [5.74, 6) is -0.0870. The van der Waals surface area contributed by atoms with Gasteiger partial charge in [-0.15, -0.1) is 0 Å². The van der Waals surface area contributed by atoms with E-state index < -0.39 is 0 Å². The van der Waals surface area contributed by atoms with E-state index in [0.717, 1.165) is 24.3 Å². The molecule has 0 amide bonds. The second-order valence-corrected chi connectivity index (χ2v) is 6.11. The van der Waals surface area contributed by atoms with Crippen LogP contribution in [0.4, 0.5) is 10.1 Å². The number of nitrogens with one attached hydrogen (secondary N) is 1. The van der Waals surface area contributed by atoms with Gasteiger partial charge in [0.2, 0.25) is 0 Å². The van der Waals surface area contributed by atoms with Gasteiger partial charge >= 0.3 is 0 Å². The summed E-state index contributed by atoms with van der Waals surface area (Å²) >= 11 is 0. The van der Waals surface area contributed by atoms with E-state index in [1.165, 1.54) is 19.4 Å². The second kappa shape index (κ2) is 5.70. The fourth-order valence-electron chi connectivity index (χ4n) is 3.62. The molecule has 1 N–H and O–H groups in total. The smallest absolute Gasteiger partial charge is 0.146 e. The molecular formula is C16H24FN3. The highest BCUT2D eigenvalue weighted by molar-refractivity contribution is 5.51. The van der Waals surface area contributed by atoms with Crippen LogP contribution in [0.3, 0.4) is 0 Å². The quantitative estimate of drug-likeness (QED) is 0.914. The maximum Gasteiger partial charge on any atom is 0.146 e. The summed E-state index contributed by atoms with van der Waals surface area (Å²) in [4.78, 5) is 4.82. The Bertz CT molecular complexity index is 477. The zero-order valence-corrected chi connectivity index (χ0v) is 12.4. The fraction of sp³-hybridized carbons (Fsp3) is 0.625. The molecule has 2 aliphatic rings. The van der Waals surface area contributed by atoms with E-state index in [4.69, 9.17) is 0 Å². The Kier molecular flexibility index (Phi) is 3.94. The van der Waals surface area contributed by atoms with Gasteiger partial charge in [-0.25, -0.2) is 4.39 Å². The Balaban J connectivity index is 1.81. The minimum atomic E-state index is -0.0870. The van der Waals surface area contributed by atoms with Crippen LogP contribution in [0.1, 0.15) is 25.3 Å². The van der Waals surface area contributed by atoms with Crippen LogP contribution in [0.25, 0.3) is 0 Å². The third kappa shape index (κ3) is 2.54. The van der Waals surface area contributed by atoms with Crippen molar-refractivity contribution in [2.75, 3.05) is 31.6 Å². The maximum absolute atomic E-state index is 14.4. The number of rotatable bonds is 3. The average Bonchev–Trinajstić information content (AvgIpc) is 2.86. The van der Waals surface area contributed by atoms with Gasteiger partial charge in [-0.2, -0.15) is 0 Å². The van der Waals surface area contributed by atoms with Gasteiger partial charge in [0.1, 0.15) is 5.82 Å². The molecule has 4 heteroatoms. The topological polar surface area (TPSA) is 18.5 Å². The summed E-state index contributed by atoms with van der Waals surface area (Å²) < 4.78 is 14.4. The Hall–Kier alpha value is -1.13. The number of halogens is 1. The molecule has 2 heterocycles. The van der Waals surface area contributed by atoms with Crippen molar-refractivity contribution in [3.63, 3.8) is 0 Å². The van der Waals surface area contributed by atoms with E-state index >= 15 is 0 Å². The van der Waals surface area contributed by atoms with Crippen molar-refractivity contribution in [3.05, 3.63) is 29.6 Å². The molecule has 2 fully saturated rings. The predicted molar refractivity (Wildman–Crippen MR) is 80.6 cm³/mol. The molecule has 2 unspecified atom stereocenters. The lowest BCUT2D eigenvalue weighted by atomic mass is 10.1. The number of benzene rings is 1. The highest BCUT2D eigenvalue weighted by atomic mass is 19.1. The van der Waals surface area contributed by atoms with Crippen LogP contribution in [-0.2, 0) is 6.54 Å². The van der Waals surface area contributed by atoms with E-state index in [1.807, 2.05) is 19.2 Å². The summed E-state index contributed by atoms with van der Waals surface area (Å²) in [6.45, 7) is 6.15. The van der Waals surface area contributed by atoms with Crippen molar-refractivity contribution < 1.29 is 4.39 Å². The van der Waals surface area contributed by atoms with Crippen LogP contribution >= 0.6 is 0 Å². The van der Waals surface area contributed by atoms with Crippen molar-refractivity contribution in [2.24, 2.45) is 0 Å². The van der Waals surface area contributed by atoms with E-state index in [2.05, 4.69) is 22.0 Å². The highest BCUT2D eigenvalue weighted by Crippen LogP contribution is 2.30. The lowest BCUT2D eigenvalue weighted by Crippen LogP contribution is -2.55. The zero-order valence-electron chi connectivity index (χ0n) is 12.4. The van der Waals surface area contributed by atoms with Gasteiger partial charge in [0.15, 0.2) is 0 Å². The van der Waals surface area contributed by atoms with E-state index in [0.29, 0.717) is 18.6 Å². The van der Waals surface area contributed by atoms with Gasteiger partial charge in [-0.3, -0.25) is 4.90 Å². The van der Waals surface area contributed by atoms with Crippen LogP contribution < -0.4 is 10.2 Å². The van der Waals surface area contributed by atoms with Crippen LogP contribution in [0, 0.1) is 5.82 Å². The maximum atomic E-state index is 14.4. The minimum absolute atomic E-state index is 0.0870. The molecule has 2 atom stereocenters. The van der Waals surface area contributed by atoms with Crippen molar-refractivity contribution in [3.8, 4) is 0 Å². The van der Waals surface area contributed by atoms with Gasteiger partial charge < -0.3 is 10.2 Å². The third-order valence-corrected chi connectivity index (χ3v) is 4.64. The molecule has 0 aliphatic carbocycles. The number of hydrogen-bond donors (Lipinski definition) is 1. The molecule has 3 rings (SSSR count). The molecule has 20 heavy (non-hydrogen) atoms. The van der Waals surface area contributed by atoms with Crippen molar-refractivity contribution >= 4 is 5.69 Å². The van der Waals surface area contributed by atoms with Gasteiger partial charge in [-0.05, 0) is 51.1 Å². The molecule has 0 saturated carbocycles. The van der Waals surface area contributed by atoms with Crippen molar-refractivity contribution in [1.29, 1.82) is 0 Å². The summed E-state index contributed by atoms with van der Waals surface area (Å²) in [7, 11) is 1.88. The lowest BCUT2D eigenvalue weighted by Gasteiger charge is -2.43. The number of hydrogen-bond acceptors (Lipinski definition) is 3. The van der Waals surface area contributed by atoms with E-state index in [-0.39, 0.29) is 5.82 Å². The Morgan fingerprint density at radius 1 is 1.35 bits per heavy atom. The van der Waals surface area contributed by atoms with Crippen LogP contribution in [0.5, 0.6) is 0 Å². The molecule has 2 saturated heterocycles.